The lowest BCUT2D eigenvalue weighted by Crippen LogP contribution is -2.17. The van der Waals surface area contributed by atoms with E-state index in [1.165, 1.54) is 17.7 Å². The molecule has 3 heterocycles. The molecule has 1 amide bonds. The van der Waals surface area contributed by atoms with E-state index < -0.39 is 0 Å². The molecule has 0 unspecified atom stereocenters. The fraction of sp³-hybridized carbons (Fsp3) is 0.300. The summed E-state index contributed by atoms with van der Waals surface area (Å²) >= 11 is 1.46. The number of nitrogens with zero attached hydrogens (tertiary/aromatic N) is 4. The Morgan fingerprint density at radius 1 is 1.21 bits per heavy atom. The number of carbonyl (C=O) groups is 1. The van der Waals surface area contributed by atoms with Crippen LogP contribution in [-0.2, 0) is 4.79 Å². The summed E-state index contributed by atoms with van der Waals surface area (Å²) in [5.41, 5.74) is 9.87. The van der Waals surface area contributed by atoms with Crippen LogP contribution in [0.25, 0.3) is 32.4 Å². The maximum atomic E-state index is 12.0. The van der Waals surface area contributed by atoms with E-state index in [4.69, 9.17) is 5.73 Å². The smallest absolute Gasteiger partial charge is 0.228 e. The summed E-state index contributed by atoms with van der Waals surface area (Å²) in [6, 6.07) is 6.30. The molecule has 0 atom stereocenters. The minimum atomic E-state index is -0.0901. The van der Waals surface area contributed by atoms with Gasteiger partial charge in [0.15, 0.2) is 5.13 Å². The molecule has 0 aliphatic rings. The van der Waals surface area contributed by atoms with Crippen LogP contribution in [0.2, 0.25) is 0 Å². The van der Waals surface area contributed by atoms with Crippen LogP contribution in [0.5, 0.6) is 0 Å². The van der Waals surface area contributed by atoms with Crippen LogP contribution in [0, 0.1) is 5.92 Å². The summed E-state index contributed by atoms with van der Waals surface area (Å²) in [6.45, 7) is 7.94. The lowest BCUT2D eigenvalue weighted by molar-refractivity contribution is -0.118. The fourth-order valence-electron chi connectivity index (χ4n) is 3.12. The number of carbonyl (C=O) groups excluding carboxylic acids is 1. The number of fused-ring (bicyclic) bond motifs is 2. The van der Waals surface area contributed by atoms with E-state index in [0.29, 0.717) is 10.9 Å². The Labute approximate surface area is 166 Å². The molecule has 144 valence electrons. The second-order valence-corrected chi connectivity index (χ2v) is 8.38. The number of nitrogens with one attached hydrogen (secondary N) is 1. The molecule has 0 radical (unpaired) electrons. The van der Waals surface area contributed by atoms with Crippen LogP contribution in [0.15, 0.2) is 30.7 Å². The van der Waals surface area contributed by atoms with Crippen molar-refractivity contribution in [2.45, 2.75) is 33.7 Å². The van der Waals surface area contributed by atoms with E-state index in [-0.39, 0.29) is 17.9 Å². The number of nitrogens with two attached hydrogens (primary N) is 1. The largest absolute Gasteiger partial charge is 0.383 e. The molecule has 4 aromatic rings. The molecular formula is C20H22N6OS. The van der Waals surface area contributed by atoms with Gasteiger partial charge in [-0.3, -0.25) is 4.79 Å². The van der Waals surface area contributed by atoms with Crippen LogP contribution in [0.4, 0.5) is 10.9 Å². The highest BCUT2D eigenvalue weighted by Gasteiger charge is 2.17. The second kappa shape index (κ2) is 6.87. The van der Waals surface area contributed by atoms with Crippen molar-refractivity contribution < 1.29 is 4.79 Å². The minimum Gasteiger partial charge on any atom is -0.383 e. The minimum absolute atomic E-state index is 0.0378. The lowest BCUT2D eigenvalue weighted by Gasteiger charge is -2.07. The van der Waals surface area contributed by atoms with Crippen LogP contribution >= 0.6 is 11.3 Å². The third kappa shape index (κ3) is 3.09. The molecule has 3 N–H and O–H groups in total. The van der Waals surface area contributed by atoms with Gasteiger partial charge in [-0.05, 0) is 31.5 Å². The summed E-state index contributed by atoms with van der Waals surface area (Å²) < 4.78 is 3.10. The average molecular weight is 395 g/mol. The third-order valence-corrected chi connectivity index (χ3v) is 5.58. The van der Waals surface area contributed by atoms with Crippen LogP contribution in [0.1, 0.15) is 33.7 Å². The lowest BCUT2D eigenvalue weighted by atomic mass is 10.1. The summed E-state index contributed by atoms with van der Waals surface area (Å²) in [7, 11) is 0. The zero-order chi connectivity index (χ0) is 20.0. The number of hydrogen-bond acceptors (Lipinski definition) is 6. The predicted octanol–water partition coefficient (Wildman–Crippen LogP) is 4.47. The fourth-order valence-corrected chi connectivity index (χ4v) is 4.02. The third-order valence-electron chi connectivity index (χ3n) is 4.65. The second-order valence-electron chi connectivity index (χ2n) is 7.35. The van der Waals surface area contributed by atoms with E-state index in [9.17, 15) is 4.79 Å². The number of rotatable bonds is 4. The van der Waals surface area contributed by atoms with Crippen molar-refractivity contribution in [1.82, 2.24) is 19.5 Å². The van der Waals surface area contributed by atoms with Crippen molar-refractivity contribution >= 4 is 49.4 Å². The van der Waals surface area contributed by atoms with Gasteiger partial charge in [-0.2, -0.15) is 0 Å². The van der Waals surface area contributed by atoms with E-state index in [2.05, 4.69) is 50.9 Å². The van der Waals surface area contributed by atoms with E-state index in [0.717, 1.165) is 32.4 Å². The van der Waals surface area contributed by atoms with Gasteiger partial charge in [-0.1, -0.05) is 31.3 Å². The van der Waals surface area contributed by atoms with Crippen LogP contribution < -0.4 is 11.1 Å². The van der Waals surface area contributed by atoms with Crippen molar-refractivity contribution in [3.05, 3.63) is 30.7 Å². The van der Waals surface area contributed by atoms with Gasteiger partial charge in [-0.15, -0.1) is 0 Å². The highest BCUT2D eigenvalue weighted by molar-refractivity contribution is 7.22. The highest BCUT2D eigenvalue weighted by Crippen LogP contribution is 2.37. The summed E-state index contributed by atoms with van der Waals surface area (Å²) in [6.07, 6.45) is 3.57. The van der Waals surface area contributed by atoms with E-state index >= 15 is 0 Å². The Bertz CT molecular complexity index is 1190. The van der Waals surface area contributed by atoms with Gasteiger partial charge in [0.25, 0.3) is 0 Å². The summed E-state index contributed by atoms with van der Waals surface area (Å²) in [4.78, 5) is 25.1. The first-order valence-corrected chi connectivity index (χ1v) is 9.99. The van der Waals surface area contributed by atoms with Crippen molar-refractivity contribution in [1.29, 1.82) is 0 Å². The Morgan fingerprint density at radius 2 is 2.00 bits per heavy atom. The maximum absolute atomic E-state index is 12.0. The molecule has 0 saturated heterocycles. The normalized spacial score (nSPS) is 11.8. The summed E-state index contributed by atoms with van der Waals surface area (Å²) in [5, 5.41) is 4.34. The molecule has 28 heavy (non-hydrogen) atoms. The zero-order valence-corrected chi connectivity index (χ0v) is 17.0. The van der Waals surface area contributed by atoms with Crippen molar-refractivity contribution in [2.75, 3.05) is 11.1 Å². The molecule has 4 rings (SSSR count). The zero-order valence-electron chi connectivity index (χ0n) is 16.2. The van der Waals surface area contributed by atoms with Gasteiger partial charge in [0.1, 0.15) is 17.8 Å². The molecule has 0 spiro atoms. The summed E-state index contributed by atoms with van der Waals surface area (Å²) in [5.74, 6) is 0.339. The molecule has 0 aliphatic carbocycles. The number of anilines is 2. The topological polar surface area (TPSA) is 98.7 Å². The number of hydrogen-bond donors (Lipinski definition) is 2. The molecule has 0 bridgehead atoms. The van der Waals surface area contributed by atoms with Crippen molar-refractivity contribution in [2.24, 2.45) is 5.92 Å². The van der Waals surface area contributed by atoms with Gasteiger partial charge in [-0.25, -0.2) is 15.0 Å². The van der Waals surface area contributed by atoms with Gasteiger partial charge in [0, 0.05) is 23.7 Å². The van der Waals surface area contributed by atoms with Gasteiger partial charge < -0.3 is 15.6 Å². The number of nitrogen functional groups attached to an aromatic ring is 1. The molecule has 8 heteroatoms. The SMILES string of the molecule is CC(C)C(=O)Nc1nc2ccc(-c3cn(C(C)C)c4ncnc(N)c34)cc2s1. The number of aromatic nitrogens is 4. The van der Waals surface area contributed by atoms with Crippen molar-refractivity contribution in [3.8, 4) is 11.1 Å². The first-order valence-electron chi connectivity index (χ1n) is 9.18. The molecule has 0 fully saturated rings. The molecule has 7 nitrogen and oxygen atoms in total. The van der Waals surface area contributed by atoms with Gasteiger partial charge >= 0.3 is 0 Å². The van der Waals surface area contributed by atoms with Gasteiger partial charge in [0.05, 0.1) is 15.6 Å². The molecule has 1 aromatic carbocycles. The van der Waals surface area contributed by atoms with E-state index in [1.54, 1.807) is 0 Å². The Hall–Kier alpha value is -3.00. The Balaban J connectivity index is 1.82. The standard InChI is InChI=1S/C20H22N6OS/c1-10(2)19(27)25-20-24-14-6-5-12(7-15(14)28-20)13-8-26(11(3)4)18-16(13)17(21)22-9-23-18/h5-11H,1-4H3,(H2,21,22,23)(H,24,25,27). The number of thiazole rings is 1. The first-order chi connectivity index (χ1) is 13.3. The number of amides is 1. The van der Waals surface area contributed by atoms with Crippen LogP contribution in [-0.4, -0.2) is 25.4 Å². The van der Waals surface area contributed by atoms with Crippen molar-refractivity contribution in [3.63, 3.8) is 0 Å². The highest BCUT2D eigenvalue weighted by atomic mass is 32.1. The van der Waals surface area contributed by atoms with Gasteiger partial charge in [0.2, 0.25) is 5.91 Å². The molecule has 3 aromatic heterocycles. The quantitative estimate of drug-likeness (QED) is 0.532. The molecular weight excluding hydrogens is 372 g/mol. The molecule has 0 saturated carbocycles. The Kier molecular flexibility index (Phi) is 4.50. The predicted molar refractivity (Wildman–Crippen MR) is 114 cm³/mol. The molecule has 0 aliphatic heterocycles. The van der Waals surface area contributed by atoms with Crippen LogP contribution in [0.3, 0.4) is 0 Å². The number of benzene rings is 1. The monoisotopic (exact) mass is 394 g/mol. The average Bonchev–Trinajstić information content (AvgIpc) is 3.22. The van der Waals surface area contributed by atoms with E-state index in [1.807, 2.05) is 26.0 Å². The maximum Gasteiger partial charge on any atom is 0.228 e. The Morgan fingerprint density at radius 3 is 2.71 bits per heavy atom. The first kappa shape index (κ1) is 18.4.